The van der Waals surface area contributed by atoms with Gasteiger partial charge in [-0.1, -0.05) is 13.3 Å². The Morgan fingerprint density at radius 1 is 1.44 bits per heavy atom. The summed E-state index contributed by atoms with van der Waals surface area (Å²) in [6.45, 7) is 4.51. The first kappa shape index (κ1) is 13.8. The van der Waals surface area contributed by atoms with Crippen molar-refractivity contribution in [3.8, 4) is 0 Å². The summed E-state index contributed by atoms with van der Waals surface area (Å²) in [6, 6.07) is -2.35. The molecule has 2 N–H and O–H groups in total. The molecule has 0 bridgehead atoms. The molecule has 1 heterocycles. The molecular weight excluding hydrogens is 217 g/mol. The van der Waals surface area contributed by atoms with Crippen LogP contribution in [0.4, 0.5) is 13.2 Å². The summed E-state index contributed by atoms with van der Waals surface area (Å²) in [4.78, 5) is 1.52. The van der Waals surface area contributed by atoms with Crippen LogP contribution in [0.2, 0.25) is 0 Å². The minimum absolute atomic E-state index is 0.386. The number of nitrogens with zero attached hydrogens (tertiary/aromatic N) is 1. The lowest BCUT2D eigenvalue weighted by atomic mass is 9.93. The molecule has 0 amide bonds. The first-order valence-corrected chi connectivity index (χ1v) is 5.92. The van der Waals surface area contributed by atoms with Gasteiger partial charge in [0.1, 0.15) is 6.04 Å². The van der Waals surface area contributed by atoms with E-state index in [4.69, 9.17) is 5.73 Å². The highest BCUT2D eigenvalue weighted by atomic mass is 19.4. The second kappa shape index (κ2) is 5.36. The SMILES string of the molecule is CCC1CCCN(C(C(C)N)C(F)(F)F)C1. The van der Waals surface area contributed by atoms with Crippen molar-refractivity contribution in [2.45, 2.75) is 51.4 Å². The molecule has 0 aromatic rings. The molecule has 1 rings (SSSR count). The minimum Gasteiger partial charge on any atom is -0.326 e. The molecule has 0 radical (unpaired) electrons. The number of halogens is 3. The second-order valence-corrected chi connectivity index (χ2v) is 4.76. The quantitative estimate of drug-likeness (QED) is 0.818. The van der Waals surface area contributed by atoms with Crippen LogP contribution in [0, 0.1) is 5.92 Å². The van der Waals surface area contributed by atoms with Crippen LogP contribution >= 0.6 is 0 Å². The maximum Gasteiger partial charge on any atom is 0.405 e. The monoisotopic (exact) mass is 238 g/mol. The highest BCUT2D eigenvalue weighted by molar-refractivity contribution is 4.88. The van der Waals surface area contributed by atoms with Crippen molar-refractivity contribution in [3.05, 3.63) is 0 Å². The lowest BCUT2D eigenvalue weighted by molar-refractivity contribution is -0.192. The summed E-state index contributed by atoms with van der Waals surface area (Å²) in [6.07, 6.45) is -1.39. The lowest BCUT2D eigenvalue weighted by Crippen LogP contribution is -2.57. The molecule has 5 heteroatoms. The zero-order valence-corrected chi connectivity index (χ0v) is 9.93. The van der Waals surface area contributed by atoms with Gasteiger partial charge in [0.2, 0.25) is 0 Å². The van der Waals surface area contributed by atoms with Crippen molar-refractivity contribution in [3.63, 3.8) is 0 Å². The van der Waals surface area contributed by atoms with Crippen LogP contribution in [0.3, 0.4) is 0 Å². The summed E-state index contributed by atoms with van der Waals surface area (Å²) in [5, 5.41) is 0. The smallest absolute Gasteiger partial charge is 0.326 e. The van der Waals surface area contributed by atoms with Gasteiger partial charge in [-0.2, -0.15) is 13.2 Å². The van der Waals surface area contributed by atoms with Gasteiger partial charge in [0.15, 0.2) is 0 Å². The number of hydrogen-bond acceptors (Lipinski definition) is 2. The zero-order chi connectivity index (χ0) is 12.3. The van der Waals surface area contributed by atoms with Crippen LogP contribution in [0.15, 0.2) is 0 Å². The van der Waals surface area contributed by atoms with E-state index in [0.29, 0.717) is 19.0 Å². The average molecular weight is 238 g/mol. The molecule has 16 heavy (non-hydrogen) atoms. The Kier molecular flexibility index (Phi) is 4.62. The van der Waals surface area contributed by atoms with E-state index < -0.39 is 18.3 Å². The Morgan fingerprint density at radius 3 is 2.50 bits per heavy atom. The van der Waals surface area contributed by atoms with Gasteiger partial charge in [0, 0.05) is 12.6 Å². The van der Waals surface area contributed by atoms with Crippen molar-refractivity contribution in [1.29, 1.82) is 0 Å². The maximum absolute atomic E-state index is 12.9. The predicted octanol–water partition coefficient (Wildman–Crippen LogP) is 2.39. The highest BCUT2D eigenvalue weighted by Crippen LogP contribution is 2.30. The van der Waals surface area contributed by atoms with E-state index in [1.54, 1.807) is 0 Å². The standard InChI is InChI=1S/C11H21F3N2/c1-3-9-5-4-6-16(7-9)10(8(2)15)11(12,13)14/h8-10H,3-7,15H2,1-2H3. The van der Waals surface area contributed by atoms with Crippen molar-refractivity contribution in [1.82, 2.24) is 4.90 Å². The summed E-state index contributed by atoms with van der Waals surface area (Å²) < 4.78 is 38.6. The Labute approximate surface area is 95.0 Å². The minimum atomic E-state index is -4.22. The second-order valence-electron chi connectivity index (χ2n) is 4.76. The van der Waals surface area contributed by atoms with Crippen molar-refractivity contribution in [2.24, 2.45) is 11.7 Å². The summed E-state index contributed by atoms with van der Waals surface area (Å²) >= 11 is 0. The van der Waals surface area contributed by atoms with Crippen LogP contribution in [-0.4, -0.2) is 36.2 Å². The van der Waals surface area contributed by atoms with E-state index in [-0.39, 0.29) is 0 Å². The molecule has 0 saturated carbocycles. The van der Waals surface area contributed by atoms with Gasteiger partial charge in [-0.15, -0.1) is 0 Å². The van der Waals surface area contributed by atoms with Gasteiger partial charge in [-0.25, -0.2) is 0 Å². The molecule has 96 valence electrons. The van der Waals surface area contributed by atoms with Gasteiger partial charge >= 0.3 is 6.18 Å². The number of nitrogens with two attached hydrogens (primary N) is 1. The van der Waals surface area contributed by atoms with E-state index in [2.05, 4.69) is 0 Å². The van der Waals surface area contributed by atoms with Crippen molar-refractivity contribution < 1.29 is 13.2 Å². The first-order chi connectivity index (χ1) is 7.36. The zero-order valence-electron chi connectivity index (χ0n) is 9.93. The molecule has 1 saturated heterocycles. The third kappa shape index (κ3) is 3.35. The van der Waals surface area contributed by atoms with E-state index in [1.165, 1.54) is 11.8 Å². The molecule has 3 unspecified atom stereocenters. The summed E-state index contributed by atoms with van der Waals surface area (Å²) in [5.41, 5.74) is 5.48. The Balaban J connectivity index is 2.71. The van der Waals surface area contributed by atoms with Crippen LogP contribution in [0.25, 0.3) is 0 Å². The highest BCUT2D eigenvalue weighted by Gasteiger charge is 2.46. The molecular formula is C11H21F3N2. The molecule has 1 aliphatic rings. The third-order valence-corrected chi connectivity index (χ3v) is 3.35. The number of rotatable bonds is 3. The van der Waals surface area contributed by atoms with Crippen molar-refractivity contribution >= 4 is 0 Å². The fourth-order valence-electron chi connectivity index (χ4n) is 2.52. The summed E-state index contributed by atoms with van der Waals surface area (Å²) in [7, 11) is 0. The molecule has 1 fully saturated rings. The predicted molar refractivity (Wildman–Crippen MR) is 58.1 cm³/mol. The van der Waals surface area contributed by atoms with Crippen LogP contribution in [-0.2, 0) is 0 Å². The van der Waals surface area contributed by atoms with E-state index in [0.717, 1.165) is 19.3 Å². The largest absolute Gasteiger partial charge is 0.405 e. The molecule has 2 nitrogen and oxygen atoms in total. The van der Waals surface area contributed by atoms with Gasteiger partial charge < -0.3 is 5.73 Å². The fraction of sp³-hybridized carbons (Fsp3) is 1.00. The van der Waals surface area contributed by atoms with Gasteiger partial charge in [-0.3, -0.25) is 4.90 Å². The lowest BCUT2D eigenvalue weighted by Gasteiger charge is -2.40. The third-order valence-electron chi connectivity index (χ3n) is 3.35. The molecule has 0 aromatic carbocycles. The molecule has 0 aromatic heterocycles. The van der Waals surface area contributed by atoms with Crippen LogP contribution in [0.5, 0.6) is 0 Å². The van der Waals surface area contributed by atoms with Crippen LogP contribution < -0.4 is 5.73 Å². The average Bonchev–Trinajstić information content (AvgIpc) is 2.15. The Hall–Kier alpha value is -0.290. The topological polar surface area (TPSA) is 29.3 Å². The molecule has 3 atom stereocenters. The Bertz CT molecular complexity index is 216. The maximum atomic E-state index is 12.9. The van der Waals surface area contributed by atoms with Crippen molar-refractivity contribution in [2.75, 3.05) is 13.1 Å². The van der Waals surface area contributed by atoms with Gasteiger partial charge in [0.25, 0.3) is 0 Å². The fourth-order valence-corrected chi connectivity index (χ4v) is 2.52. The van der Waals surface area contributed by atoms with Crippen LogP contribution in [0.1, 0.15) is 33.1 Å². The molecule has 1 aliphatic heterocycles. The number of piperidine rings is 1. The van der Waals surface area contributed by atoms with E-state index >= 15 is 0 Å². The number of likely N-dealkylation sites (tertiary alicyclic amines) is 1. The number of alkyl halides is 3. The summed E-state index contributed by atoms with van der Waals surface area (Å²) in [5.74, 6) is 0.386. The number of hydrogen-bond donors (Lipinski definition) is 1. The Morgan fingerprint density at radius 2 is 2.06 bits per heavy atom. The van der Waals surface area contributed by atoms with Gasteiger partial charge in [0.05, 0.1) is 0 Å². The van der Waals surface area contributed by atoms with E-state index in [9.17, 15) is 13.2 Å². The molecule has 0 aliphatic carbocycles. The van der Waals surface area contributed by atoms with E-state index in [1.807, 2.05) is 6.92 Å². The van der Waals surface area contributed by atoms with Gasteiger partial charge in [-0.05, 0) is 32.2 Å². The first-order valence-electron chi connectivity index (χ1n) is 5.92. The normalized spacial score (nSPS) is 27.8. The molecule has 0 spiro atoms.